The molecule has 0 unspecified atom stereocenters. The summed E-state index contributed by atoms with van der Waals surface area (Å²) in [5, 5.41) is 2.03. The Balaban J connectivity index is 2.84. The van der Waals surface area contributed by atoms with E-state index in [1.807, 2.05) is 24.4 Å². The first kappa shape index (κ1) is 8.78. The monoisotopic (exact) mass is 187 g/mol. The van der Waals surface area contributed by atoms with Crippen LogP contribution in [-0.4, -0.2) is 6.54 Å². The zero-order valence-corrected chi connectivity index (χ0v) is 7.88. The van der Waals surface area contributed by atoms with Gasteiger partial charge in [-0.05, 0) is 29.5 Å². The highest BCUT2D eigenvalue weighted by Gasteiger charge is 1.97. The van der Waals surface area contributed by atoms with E-state index in [0.29, 0.717) is 6.54 Å². The molecule has 1 aromatic heterocycles. The molecule has 0 aromatic carbocycles. The van der Waals surface area contributed by atoms with Crippen LogP contribution in [-0.2, 0) is 0 Å². The van der Waals surface area contributed by atoms with Gasteiger partial charge in [-0.25, -0.2) is 0 Å². The van der Waals surface area contributed by atoms with Crippen molar-refractivity contribution in [1.82, 2.24) is 0 Å². The van der Waals surface area contributed by atoms with E-state index in [0.717, 1.165) is 4.34 Å². The largest absolute Gasteiger partial charge is 0.327 e. The lowest BCUT2D eigenvalue weighted by Gasteiger charge is -1.93. The topological polar surface area (TPSA) is 26.0 Å². The van der Waals surface area contributed by atoms with Crippen molar-refractivity contribution in [3.63, 3.8) is 0 Å². The van der Waals surface area contributed by atoms with Crippen molar-refractivity contribution in [3.8, 4) is 0 Å². The van der Waals surface area contributed by atoms with Gasteiger partial charge in [0.05, 0.1) is 4.34 Å². The van der Waals surface area contributed by atoms with E-state index in [1.54, 1.807) is 11.3 Å². The molecule has 0 saturated carbocycles. The Morgan fingerprint density at radius 2 is 2.55 bits per heavy atom. The Bertz CT molecular complexity index is 265. The first-order valence-corrected chi connectivity index (χ1v) is 4.61. The lowest BCUT2D eigenvalue weighted by atomic mass is 10.1. The van der Waals surface area contributed by atoms with Crippen molar-refractivity contribution in [2.45, 2.75) is 6.92 Å². The van der Waals surface area contributed by atoms with E-state index >= 15 is 0 Å². The van der Waals surface area contributed by atoms with Gasteiger partial charge in [0.25, 0.3) is 0 Å². The number of rotatable bonds is 2. The molecular weight excluding hydrogens is 178 g/mol. The highest BCUT2D eigenvalue weighted by Crippen LogP contribution is 2.24. The maximum Gasteiger partial charge on any atom is 0.0934 e. The number of hydrogen-bond acceptors (Lipinski definition) is 2. The van der Waals surface area contributed by atoms with Gasteiger partial charge in [0.2, 0.25) is 0 Å². The third kappa shape index (κ3) is 2.33. The van der Waals surface area contributed by atoms with Crippen molar-refractivity contribution < 1.29 is 0 Å². The molecule has 0 atom stereocenters. The first-order chi connectivity index (χ1) is 5.24. The van der Waals surface area contributed by atoms with Crippen LogP contribution < -0.4 is 5.73 Å². The number of nitrogens with two attached hydrogens (primary N) is 1. The minimum absolute atomic E-state index is 0.583. The second-order valence-corrected chi connectivity index (χ2v) is 3.80. The van der Waals surface area contributed by atoms with E-state index in [9.17, 15) is 0 Å². The molecule has 1 aromatic rings. The predicted molar refractivity (Wildman–Crippen MR) is 52.0 cm³/mol. The molecule has 0 aliphatic carbocycles. The standard InChI is InChI=1S/C8H10ClNS/c1-6(2-3-10)7-4-8(9)11-5-7/h2,4-5H,3,10H2,1H3. The van der Waals surface area contributed by atoms with E-state index in [2.05, 4.69) is 0 Å². The first-order valence-electron chi connectivity index (χ1n) is 3.35. The van der Waals surface area contributed by atoms with E-state index < -0.39 is 0 Å². The average Bonchev–Trinajstić information content (AvgIpc) is 2.36. The summed E-state index contributed by atoms with van der Waals surface area (Å²) < 4.78 is 0.824. The number of halogens is 1. The fraction of sp³-hybridized carbons (Fsp3) is 0.250. The zero-order valence-electron chi connectivity index (χ0n) is 6.30. The van der Waals surface area contributed by atoms with Crippen LogP contribution in [0.15, 0.2) is 17.5 Å². The molecule has 1 rings (SSSR count). The van der Waals surface area contributed by atoms with Crippen LogP contribution in [0, 0.1) is 0 Å². The van der Waals surface area contributed by atoms with Crippen LogP contribution in [0.5, 0.6) is 0 Å². The van der Waals surface area contributed by atoms with Crippen molar-refractivity contribution in [3.05, 3.63) is 27.4 Å². The van der Waals surface area contributed by atoms with E-state index in [4.69, 9.17) is 17.3 Å². The highest BCUT2D eigenvalue weighted by atomic mass is 35.5. The molecule has 0 amide bonds. The second-order valence-electron chi connectivity index (χ2n) is 2.26. The molecule has 60 valence electrons. The number of thiophene rings is 1. The van der Waals surface area contributed by atoms with Crippen LogP contribution >= 0.6 is 22.9 Å². The van der Waals surface area contributed by atoms with Crippen LogP contribution in [0.3, 0.4) is 0 Å². The molecule has 0 aliphatic heterocycles. The molecule has 2 N–H and O–H groups in total. The van der Waals surface area contributed by atoms with Gasteiger partial charge in [-0.3, -0.25) is 0 Å². The molecule has 0 spiro atoms. The van der Waals surface area contributed by atoms with Crippen molar-refractivity contribution in [2.75, 3.05) is 6.54 Å². The maximum absolute atomic E-state index is 5.76. The SMILES string of the molecule is CC(=CCN)c1csc(Cl)c1. The second kappa shape index (κ2) is 3.90. The zero-order chi connectivity index (χ0) is 8.27. The lowest BCUT2D eigenvalue weighted by molar-refractivity contribution is 1.25. The minimum atomic E-state index is 0.583. The summed E-state index contributed by atoms with van der Waals surface area (Å²) in [6.45, 7) is 2.62. The third-order valence-electron chi connectivity index (χ3n) is 1.45. The van der Waals surface area contributed by atoms with Crippen molar-refractivity contribution in [2.24, 2.45) is 5.73 Å². The third-order valence-corrected chi connectivity index (χ3v) is 2.54. The quantitative estimate of drug-likeness (QED) is 0.757. The molecule has 1 nitrogen and oxygen atoms in total. The fourth-order valence-corrected chi connectivity index (χ4v) is 1.75. The van der Waals surface area contributed by atoms with Gasteiger partial charge in [-0.2, -0.15) is 0 Å². The maximum atomic E-state index is 5.76. The Morgan fingerprint density at radius 1 is 1.82 bits per heavy atom. The molecule has 1 heterocycles. The fourth-order valence-electron chi connectivity index (χ4n) is 0.811. The predicted octanol–water partition coefficient (Wildman–Crippen LogP) is 2.76. The van der Waals surface area contributed by atoms with Crippen LogP contribution in [0.4, 0.5) is 0 Å². The summed E-state index contributed by atoms with van der Waals surface area (Å²) in [7, 11) is 0. The van der Waals surface area contributed by atoms with Gasteiger partial charge in [0, 0.05) is 6.54 Å². The normalized spacial score (nSPS) is 12.1. The van der Waals surface area contributed by atoms with Gasteiger partial charge in [-0.1, -0.05) is 17.7 Å². The summed E-state index contributed by atoms with van der Waals surface area (Å²) in [5.74, 6) is 0. The van der Waals surface area contributed by atoms with E-state index in [1.165, 1.54) is 11.1 Å². The molecule has 0 saturated heterocycles. The summed E-state index contributed by atoms with van der Waals surface area (Å²) in [5.41, 5.74) is 7.73. The van der Waals surface area contributed by atoms with Gasteiger partial charge in [-0.15, -0.1) is 11.3 Å². The number of allylic oxidation sites excluding steroid dienone is 1. The lowest BCUT2D eigenvalue weighted by Crippen LogP contribution is -1.93. The van der Waals surface area contributed by atoms with Crippen molar-refractivity contribution >= 4 is 28.5 Å². The highest BCUT2D eigenvalue weighted by molar-refractivity contribution is 7.14. The summed E-state index contributed by atoms with van der Waals surface area (Å²) in [4.78, 5) is 0. The molecule has 11 heavy (non-hydrogen) atoms. The van der Waals surface area contributed by atoms with Crippen LogP contribution in [0.1, 0.15) is 12.5 Å². The average molecular weight is 188 g/mol. The number of hydrogen-bond donors (Lipinski definition) is 1. The van der Waals surface area contributed by atoms with Gasteiger partial charge < -0.3 is 5.73 Å². The molecule has 3 heteroatoms. The van der Waals surface area contributed by atoms with Crippen LogP contribution in [0.25, 0.3) is 5.57 Å². The molecular formula is C8H10ClNS. The molecule has 0 aliphatic rings. The Kier molecular flexibility index (Phi) is 3.12. The molecule has 0 radical (unpaired) electrons. The van der Waals surface area contributed by atoms with Gasteiger partial charge in [0.1, 0.15) is 0 Å². The summed E-state index contributed by atoms with van der Waals surface area (Å²) >= 11 is 7.31. The van der Waals surface area contributed by atoms with Gasteiger partial charge >= 0.3 is 0 Å². The Hall–Kier alpha value is -0.310. The Morgan fingerprint density at radius 3 is 3.00 bits per heavy atom. The van der Waals surface area contributed by atoms with Gasteiger partial charge in [0.15, 0.2) is 0 Å². The molecule has 0 fully saturated rings. The van der Waals surface area contributed by atoms with E-state index in [-0.39, 0.29) is 0 Å². The summed E-state index contributed by atoms with van der Waals surface area (Å²) in [6, 6.07) is 1.95. The smallest absolute Gasteiger partial charge is 0.0934 e. The minimum Gasteiger partial charge on any atom is -0.327 e. The van der Waals surface area contributed by atoms with Crippen molar-refractivity contribution in [1.29, 1.82) is 0 Å². The Labute approximate surface area is 75.5 Å². The molecule has 0 bridgehead atoms. The van der Waals surface area contributed by atoms with Crippen LogP contribution in [0.2, 0.25) is 4.34 Å². The summed E-state index contributed by atoms with van der Waals surface area (Å²) in [6.07, 6.45) is 1.98.